The molecule has 1 unspecified atom stereocenters. The molecule has 0 aliphatic rings. The van der Waals surface area contributed by atoms with Crippen LogP contribution < -0.4 is 11.3 Å². The van der Waals surface area contributed by atoms with E-state index in [1.807, 2.05) is 12.3 Å². The Balaban J connectivity index is 2.27. The van der Waals surface area contributed by atoms with Gasteiger partial charge in [0.05, 0.1) is 5.52 Å². The van der Waals surface area contributed by atoms with E-state index in [-0.39, 0.29) is 6.04 Å². The molecule has 0 bridgehead atoms. The smallest absolute Gasteiger partial charge is 0.0705 e. The highest BCUT2D eigenvalue weighted by molar-refractivity contribution is 5.78. The van der Waals surface area contributed by atoms with Crippen LogP contribution in [0.4, 0.5) is 0 Å². The highest BCUT2D eigenvalue weighted by Crippen LogP contribution is 2.22. The van der Waals surface area contributed by atoms with E-state index >= 15 is 0 Å². The molecule has 1 heterocycles. The van der Waals surface area contributed by atoms with Gasteiger partial charge in [-0.15, -0.1) is 0 Å². The molecular weight excluding hydrogens is 210 g/mol. The maximum absolute atomic E-state index is 5.62. The number of rotatable bonds is 5. The molecule has 3 nitrogen and oxygen atoms in total. The van der Waals surface area contributed by atoms with Crippen molar-refractivity contribution in [1.29, 1.82) is 0 Å². The summed E-state index contributed by atoms with van der Waals surface area (Å²) < 4.78 is 0. The van der Waals surface area contributed by atoms with Crippen LogP contribution in [0.15, 0.2) is 36.5 Å². The van der Waals surface area contributed by atoms with Gasteiger partial charge in [0.15, 0.2) is 0 Å². The van der Waals surface area contributed by atoms with Gasteiger partial charge in [0.25, 0.3) is 0 Å². The summed E-state index contributed by atoms with van der Waals surface area (Å²) in [6, 6.07) is 10.6. The van der Waals surface area contributed by atoms with Gasteiger partial charge in [-0.1, -0.05) is 38.0 Å². The van der Waals surface area contributed by atoms with Gasteiger partial charge in [-0.3, -0.25) is 16.3 Å². The second-order valence-electron chi connectivity index (χ2n) is 4.32. The summed E-state index contributed by atoms with van der Waals surface area (Å²) in [5, 5.41) is 1.17. The topological polar surface area (TPSA) is 50.9 Å². The van der Waals surface area contributed by atoms with Gasteiger partial charge >= 0.3 is 0 Å². The van der Waals surface area contributed by atoms with Crippen molar-refractivity contribution in [1.82, 2.24) is 10.4 Å². The second kappa shape index (κ2) is 5.75. The van der Waals surface area contributed by atoms with Crippen LogP contribution in [0.5, 0.6) is 0 Å². The number of nitrogens with two attached hydrogens (primary N) is 1. The lowest BCUT2D eigenvalue weighted by Gasteiger charge is -2.16. The van der Waals surface area contributed by atoms with E-state index in [9.17, 15) is 0 Å². The molecule has 90 valence electrons. The summed E-state index contributed by atoms with van der Waals surface area (Å²) in [5.41, 5.74) is 5.13. The SMILES string of the molecule is CCCCC(NN)c1ccc2cccnc2c1. The zero-order valence-corrected chi connectivity index (χ0v) is 10.2. The van der Waals surface area contributed by atoms with E-state index in [1.54, 1.807) is 0 Å². The van der Waals surface area contributed by atoms with Gasteiger partial charge in [0.2, 0.25) is 0 Å². The standard InChI is InChI=1S/C14H19N3/c1-2-3-6-13(17-15)12-8-7-11-5-4-9-16-14(11)10-12/h4-5,7-10,13,17H,2-3,6,15H2,1H3. The minimum absolute atomic E-state index is 0.223. The van der Waals surface area contributed by atoms with Crippen molar-refractivity contribution in [2.24, 2.45) is 5.84 Å². The lowest BCUT2D eigenvalue weighted by molar-refractivity contribution is 0.495. The Labute approximate surface area is 102 Å². The normalized spacial score (nSPS) is 12.8. The zero-order valence-electron chi connectivity index (χ0n) is 10.2. The van der Waals surface area contributed by atoms with Crippen molar-refractivity contribution in [2.75, 3.05) is 0 Å². The van der Waals surface area contributed by atoms with Crippen LogP contribution in [0, 0.1) is 0 Å². The maximum Gasteiger partial charge on any atom is 0.0705 e. The van der Waals surface area contributed by atoms with Crippen LogP contribution in [0.1, 0.15) is 37.8 Å². The first-order chi connectivity index (χ1) is 8.35. The fraction of sp³-hybridized carbons (Fsp3) is 0.357. The van der Waals surface area contributed by atoms with Gasteiger partial charge < -0.3 is 0 Å². The number of benzene rings is 1. The van der Waals surface area contributed by atoms with Crippen molar-refractivity contribution >= 4 is 10.9 Å². The van der Waals surface area contributed by atoms with E-state index in [4.69, 9.17) is 5.84 Å². The maximum atomic E-state index is 5.62. The summed E-state index contributed by atoms with van der Waals surface area (Å²) in [4.78, 5) is 4.37. The minimum Gasteiger partial charge on any atom is -0.271 e. The van der Waals surface area contributed by atoms with E-state index in [0.29, 0.717) is 0 Å². The first-order valence-corrected chi connectivity index (χ1v) is 6.16. The molecule has 2 rings (SSSR count). The van der Waals surface area contributed by atoms with Crippen molar-refractivity contribution < 1.29 is 0 Å². The molecule has 0 aliphatic heterocycles. The molecule has 0 aliphatic carbocycles. The molecule has 3 heteroatoms. The molecule has 0 spiro atoms. The largest absolute Gasteiger partial charge is 0.271 e. The number of pyridine rings is 1. The Hall–Kier alpha value is -1.45. The number of unbranched alkanes of at least 4 members (excludes halogenated alkanes) is 1. The van der Waals surface area contributed by atoms with Gasteiger partial charge in [-0.25, -0.2) is 0 Å². The molecule has 0 fully saturated rings. The minimum atomic E-state index is 0.223. The summed E-state index contributed by atoms with van der Waals surface area (Å²) in [7, 11) is 0. The number of fused-ring (bicyclic) bond motifs is 1. The average molecular weight is 229 g/mol. The Morgan fingerprint density at radius 3 is 3.00 bits per heavy atom. The van der Waals surface area contributed by atoms with Gasteiger partial charge in [-0.2, -0.15) is 0 Å². The van der Waals surface area contributed by atoms with Crippen LogP contribution in [0.2, 0.25) is 0 Å². The molecular formula is C14H19N3. The number of nitrogens with zero attached hydrogens (tertiary/aromatic N) is 1. The highest BCUT2D eigenvalue weighted by Gasteiger charge is 2.09. The lowest BCUT2D eigenvalue weighted by atomic mass is 10.0. The van der Waals surface area contributed by atoms with Gasteiger partial charge in [-0.05, 0) is 24.1 Å². The van der Waals surface area contributed by atoms with Crippen LogP contribution in [-0.4, -0.2) is 4.98 Å². The number of hydrogen-bond acceptors (Lipinski definition) is 3. The van der Waals surface area contributed by atoms with E-state index in [0.717, 1.165) is 11.9 Å². The Morgan fingerprint density at radius 2 is 2.24 bits per heavy atom. The van der Waals surface area contributed by atoms with Crippen molar-refractivity contribution in [3.63, 3.8) is 0 Å². The summed E-state index contributed by atoms with van der Waals surface area (Å²) in [6.45, 7) is 2.19. The monoisotopic (exact) mass is 229 g/mol. The Bertz CT molecular complexity index is 482. The summed E-state index contributed by atoms with van der Waals surface area (Å²) in [5.74, 6) is 5.62. The van der Waals surface area contributed by atoms with Gasteiger partial charge in [0.1, 0.15) is 0 Å². The lowest BCUT2D eigenvalue weighted by Crippen LogP contribution is -2.27. The van der Waals surface area contributed by atoms with Gasteiger partial charge in [0, 0.05) is 17.6 Å². The highest BCUT2D eigenvalue weighted by atomic mass is 15.2. The van der Waals surface area contributed by atoms with Crippen molar-refractivity contribution in [3.8, 4) is 0 Å². The molecule has 3 N–H and O–H groups in total. The van der Waals surface area contributed by atoms with Crippen molar-refractivity contribution in [2.45, 2.75) is 32.2 Å². The summed E-state index contributed by atoms with van der Waals surface area (Å²) >= 11 is 0. The molecule has 0 saturated heterocycles. The third-order valence-corrected chi connectivity index (χ3v) is 3.08. The second-order valence-corrected chi connectivity index (χ2v) is 4.32. The first kappa shape index (κ1) is 12.0. The molecule has 2 aromatic rings. The third kappa shape index (κ3) is 2.81. The van der Waals surface area contributed by atoms with Crippen LogP contribution in [0.3, 0.4) is 0 Å². The quantitative estimate of drug-likeness (QED) is 0.612. The Kier molecular flexibility index (Phi) is 4.07. The summed E-state index contributed by atoms with van der Waals surface area (Å²) in [6.07, 6.45) is 5.24. The fourth-order valence-corrected chi connectivity index (χ4v) is 2.05. The van der Waals surface area contributed by atoms with E-state index in [2.05, 4.69) is 41.6 Å². The number of aromatic nitrogens is 1. The van der Waals surface area contributed by atoms with Crippen LogP contribution >= 0.6 is 0 Å². The molecule has 1 aromatic carbocycles. The van der Waals surface area contributed by atoms with Crippen LogP contribution in [-0.2, 0) is 0 Å². The molecule has 0 amide bonds. The number of hydrazine groups is 1. The predicted octanol–water partition coefficient (Wildman–Crippen LogP) is 2.93. The van der Waals surface area contributed by atoms with Crippen LogP contribution in [0.25, 0.3) is 10.9 Å². The molecule has 0 radical (unpaired) electrons. The zero-order chi connectivity index (χ0) is 12.1. The Morgan fingerprint density at radius 1 is 1.35 bits per heavy atom. The van der Waals surface area contributed by atoms with Crippen molar-refractivity contribution in [3.05, 3.63) is 42.1 Å². The number of nitrogens with one attached hydrogen (secondary N) is 1. The number of hydrogen-bond donors (Lipinski definition) is 2. The first-order valence-electron chi connectivity index (χ1n) is 6.16. The molecule has 1 aromatic heterocycles. The average Bonchev–Trinajstić information content (AvgIpc) is 2.39. The van der Waals surface area contributed by atoms with E-state index < -0.39 is 0 Å². The molecule has 1 atom stereocenters. The molecule has 17 heavy (non-hydrogen) atoms. The fourth-order valence-electron chi connectivity index (χ4n) is 2.05. The third-order valence-electron chi connectivity index (χ3n) is 3.08. The predicted molar refractivity (Wildman–Crippen MR) is 71.3 cm³/mol. The van der Waals surface area contributed by atoms with E-state index in [1.165, 1.54) is 23.8 Å². The molecule has 0 saturated carbocycles.